The Morgan fingerprint density at radius 3 is 2.53 bits per heavy atom. The lowest BCUT2D eigenvalue weighted by molar-refractivity contribution is -0.136. The Balaban J connectivity index is 1.80. The number of piperazine rings is 1. The molecular formula is C22H20F3N5OS. The number of hydrogen-bond donors (Lipinski definition) is 1. The first-order valence-electron chi connectivity index (χ1n) is 10.3. The van der Waals surface area contributed by atoms with Crippen LogP contribution in [0.2, 0.25) is 0 Å². The zero-order valence-electron chi connectivity index (χ0n) is 17.2. The Kier molecular flexibility index (Phi) is 5.34. The van der Waals surface area contributed by atoms with Crippen molar-refractivity contribution in [2.24, 2.45) is 0 Å². The second kappa shape index (κ2) is 8.18. The van der Waals surface area contributed by atoms with Crippen LogP contribution < -0.4 is 15.0 Å². The number of aromatic nitrogens is 3. The second-order valence-corrected chi connectivity index (χ2v) is 8.38. The highest BCUT2D eigenvalue weighted by Crippen LogP contribution is 2.45. The lowest BCUT2D eigenvalue weighted by atomic mass is 10.1. The topological polar surface area (TPSA) is 63.2 Å². The SMILES string of the molecule is CCOc1nc(N2CCNCC2)nc2c1sc1nc(-c3ccccc3)cc(C(F)(F)F)c12. The van der Waals surface area contributed by atoms with Crippen molar-refractivity contribution in [3.63, 3.8) is 0 Å². The van der Waals surface area contributed by atoms with Crippen LogP contribution in [0.3, 0.4) is 0 Å². The summed E-state index contributed by atoms with van der Waals surface area (Å²) in [7, 11) is 0. The van der Waals surface area contributed by atoms with Gasteiger partial charge in [-0.25, -0.2) is 9.97 Å². The number of nitrogens with one attached hydrogen (secondary N) is 1. The fourth-order valence-electron chi connectivity index (χ4n) is 3.82. The summed E-state index contributed by atoms with van der Waals surface area (Å²) < 4.78 is 48.8. The van der Waals surface area contributed by atoms with Crippen LogP contribution in [-0.4, -0.2) is 47.7 Å². The molecule has 0 radical (unpaired) electrons. The molecule has 3 aromatic heterocycles. The first-order valence-corrected chi connectivity index (χ1v) is 11.1. The highest BCUT2D eigenvalue weighted by atomic mass is 32.1. The number of thiophene rings is 1. The molecular weight excluding hydrogens is 439 g/mol. The van der Waals surface area contributed by atoms with E-state index in [1.165, 1.54) is 0 Å². The van der Waals surface area contributed by atoms with Gasteiger partial charge in [-0.15, -0.1) is 11.3 Å². The molecule has 1 aliphatic heterocycles. The maximum absolute atomic E-state index is 14.2. The molecule has 0 aliphatic carbocycles. The van der Waals surface area contributed by atoms with E-state index >= 15 is 0 Å². The number of pyridine rings is 1. The van der Waals surface area contributed by atoms with E-state index in [1.54, 1.807) is 24.3 Å². The van der Waals surface area contributed by atoms with Gasteiger partial charge in [0.05, 0.1) is 23.3 Å². The van der Waals surface area contributed by atoms with Crippen LogP contribution in [-0.2, 0) is 6.18 Å². The molecule has 0 spiro atoms. The molecule has 1 N–H and O–H groups in total. The monoisotopic (exact) mass is 459 g/mol. The molecule has 10 heteroatoms. The molecule has 5 rings (SSSR count). The summed E-state index contributed by atoms with van der Waals surface area (Å²) in [6.07, 6.45) is -4.56. The Hall–Kier alpha value is -2.98. The molecule has 0 amide bonds. The van der Waals surface area contributed by atoms with Gasteiger partial charge < -0.3 is 15.0 Å². The average molecular weight is 459 g/mol. The molecule has 1 aliphatic rings. The largest absolute Gasteiger partial charge is 0.477 e. The number of nitrogens with zero attached hydrogens (tertiary/aromatic N) is 4. The standard InChI is InChI=1S/C22H20F3N5OS/c1-2-31-19-18-17(28-21(29-19)30-10-8-26-9-11-30)16-14(22(23,24)25)12-15(27-20(16)32-18)13-6-4-3-5-7-13/h3-7,12,26H,2,8-11H2,1H3. The van der Waals surface area contributed by atoms with Crippen LogP contribution >= 0.6 is 11.3 Å². The zero-order valence-corrected chi connectivity index (χ0v) is 18.1. The van der Waals surface area contributed by atoms with Gasteiger partial charge in [-0.1, -0.05) is 30.3 Å². The van der Waals surface area contributed by atoms with E-state index in [0.29, 0.717) is 41.8 Å². The van der Waals surface area contributed by atoms with E-state index in [2.05, 4.69) is 20.3 Å². The summed E-state index contributed by atoms with van der Waals surface area (Å²) in [5.41, 5.74) is 0.372. The number of anilines is 1. The Morgan fingerprint density at radius 1 is 1.09 bits per heavy atom. The van der Waals surface area contributed by atoms with Crippen molar-refractivity contribution in [3.05, 3.63) is 42.0 Å². The maximum Gasteiger partial charge on any atom is 0.417 e. The van der Waals surface area contributed by atoms with Crippen LogP contribution in [0.1, 0.15) is 12.5 Å². The van der Waals surface area contributed by atoms with E-state index in [1.807, 2.05) is 17.9 Å². The van der Waals surface area contributed by atoms with Crippen molar-refractivity contribution in [1.29, 1.82) is 0 Å². The van der Waals surface area contributed by atoms with Gasteiger partial charge in [0.25, 0.3) is 0 Å². The van der Waals surface area contributed by atoms with Gasteiger partial charge in [-0.2, -0.15) is 18.2 Å². The minimum Gasteiger partial charge on any atom is -0.477 e. The molecule has 0 bridgehead atoms. The van der Waals surface area contributed by atoms with Crippen molar-refractivity contribution in [2.75, 3.05) is 37.7 Å². The predicted molar refractivity (Wildman–Crippen MR) is 119 cm³/mol. The predicted octanol–water partition coefficient (Wildman–Crippen LogP) is 4.73. The van der Waals surface area contributed by atoms with Gasteiger partial charge in [0.2, 0.25) is 11.8 Å². The lowest BCUT2D eigenvalue weighted by Gasteiger charge is -2.27. The third-order valence-corrected chi connectivity index (χ3v) is 6.36. The van der Waals surface area contributed by atoms with E-state index < -0.39 is 11.7 Å². The molecule has 166 valence electrons. The molecule has 0 atom stereocenters. The molecule has 4 heterocycles. The van der Waals surface area contributed by atoms with Crippen LogP contribution in [0.15, 0.2) is 36.4 Å². The van der Waals surface area contributed by atoms with Crippen LogP contribution in [0.5, 0.6) is 5.88 Å². The number of benzene rings is 1. The quantitative estimate of drug-likeness (QED) is 0.476. The number of rotatable bonds is 4. The Bertz CT molecular complexity index is 1270. The second-order valence-electron chi connectivity index (χ2n) is 7.38. The molecule has 4 aromatic rings. The number of fused-ring (bicyclic) bond motifs is 3. The zero-order chi connectivity index (χ0) is 22.3. The maximum atomic E-state index is 14.2. The van der Waals surface area contributed by atoms with Crippen molar-refractivity contribution >= 4 is 37.7 Å². The van der Waals surface area contributed by atoms with E-state index in [4.69, 9.17) is 4.74 Å². The summed E-state index contributed by atoms with van der Waals surface area (Å²) in [6, 6.07) is 9.96. The fraction of sp³-hybridized carbons (Fsp3) is 0.318. The van der Waals surface area contributed by atoms with Crippen LogP contribution in [0, 0.1) is 0 Å². The summed E-state index contributed by atoms with van der Waals surface area (Å²) in [5.74, 6) is 0.672. The van der Waals surface area contributed by atoms with Gasteiger partial charge in [-0.3, -0.25) is 0 Å². The molecule has 1 saturated heterocycles. The van der Waals surface area contributed by atoms with Crippen LogP contribution in [0.4, 0.5) is 19.1 Å². The third kappa shape index (κ3) is 3.73. The van der Waals surface area contributed by atoms with E-state index in [0.717, 1.165) is 30.5 Å². The molecule has 1 aromatic carbocycles. The summed E-state index contributed by atoms with van der Waals surface area (Å²) in [4.78, 5) is 15.9. The van der Waals surface area contributed by atoms with E-state index in [-0.39, 0.29) is 21.4 Å². The van der Waals surface area contributed by atoms with Gasteiger partial charge in [0, 0.05) is 31.7 Å². The minimum absolute atomic E-state index is 0.00285. The van der Waals surface area contributed by atoms with Crippen LogP contribution in [0.25, 0.3) is 31.7 Å². The number of hydrogen-bond acceptors (Lipinski definition) is 7. The fourth-order valence-corrected chi connectivity index (χ4v) is 4.90. The molecule has 1 fully saturated rings. The van der Waals surface area contributed by atoms with Gasteiger partial charge in [0.1, 0.15) is 15.0 Å². The molecule has 0 unspecified atom stereocenters. The van der Waals surface area contributed by atoms with Crippen molar-refractivity contribution in [3.8, 4) is 17.1 Å². The molecule has 0 saturated carbocycles. The highest BCUT2D eigenvalue weighted by molar-refractivity contribution is 7.25. The summed E-state index contributed by atoms with van der Waals surface area (Å²) in [5, 5.41) is 3.25. The van der Waals surface area contributed by atoms with E-state index in [9.17, 15) is 13.2 Å². The van der Waals surface area contributed by atoms with Crippen molar-refractivity contribution in [1.82, 2.24) is 20.3 Å². The first-order chi connectivity index (χ1) is 15.5. The Labute approximate surface area is 186 Å². The minimum atomic E-state index is -4.56. The average Bonchev–Trinajstić information content (AvgIpc) is 3.18. The smallest absolute Gasteiger partial charge is 0.417 e. The van der Waals surface area contributed by atoms with Crippen molar-refractivity contribution in [2.45, 2.75) is 13.1 Å². The number of alkyl halides is 3. The lowest BCUT2D eigenvalue weighted by Crippen LogP contribution is -2.44. The van der Waals surface area contributed by atoms with Gasteiger partial charge >= 0.3 is 6.18 Å². The Morgan fingerprint density at radius 2 is 1.84 bits per heavy atom. The number of ether oxygens (including phenoxy) is 1. The normalized spacial score (nSPS) is 14.9. The summed E-state index contributed by atoms with van der Waals surface area (Å²) in [6.45, 7) is 5.01. The van der Waals surface area contributed by atoms with Gasteiger partial charge in [-0.05, 0) is 13.0 Å². The van der Waals surface area contributed by atoms with Gasteiger partial charge in [0.15, 0.2) is 0 Å². The molecule has 32 heavy (non-hydrogen) atoms. The van der Waals surface area contributed by atoms with Crippen molar-refractivity contribution < 1.29 is 17.9 Å². The summed E-state index contributed by atoms with van der Waals surface area (Å²) >= 11 is 1.13. The first kappa shape index (κ1) is 20.9. The highest BCUT2D eigenvalue weighted by Gasteiger charge is 2.36. The molecule has 6 nitrogen and oxygen atoms in total. The number of halogens is 3. The third-order valence-electron chi connectivity index (χ3n) is 5.30.